The molecule has 0 aromatic heterocycles. The molecule has 1 aliphatic rings. The first-order valence-corrected chi connectivity index (χ1v) is 6.54. The second kappa shape index (κ2) is 6.18. The Labute approximate surface area is 108 Å². The lowest BCUT2D eigenvalue weighted by Crippen LogP contribution is -2.49. The van der Waals surface area contributed by atoms with Gasteiger partial charge >= 0.3 is 5.97 Å². The minimum absolute atomic E-state index is 0.00120. The normalized spacial score (nSPS) is 19.6. The Bertz CT molecular complexity index is 309. The maximum Gasteiger partial charge on any atom is 0.328 e. The van der Waals surface area contributed by atoms with Crippen molar-refractivity contribution in [2.75, 3.05) is 7.11 Å². The summed E-state index contributed by atoms with van der Waals surface area (Å²) in [4.78, 5) is 23.5. The molecular weight excluding hydrogens is 232 g/mol. The minimum atomic E-state index is -0.590. The van der Waals surface area contributed by atoms with E-state index in [-0.39, 0.29) is 23.8 Å². The van der Waals surface area contributed by atoms with E-state index in [2.05, 4.69) is 10.1 Å². The fraction of sp³-hybridized carbons (Fsp3) is 0.846. The number of carbonyl (C=O) groups excluding carboxylic acids is 2. The van der Waals surface area contributed by atoms with E-state index in [1.165, 1.54) is 7.11 Å². The van der Waals surface area contributed by atoms with Crippen LogP contribution in [0.5, 0.6) is 0 Å². The predicted octanol–water partition coefficient (Wildman–Crippen LogP) is 0.962. The lowest BCUT2D eigenvalue weighted by atomic mass is 9.94. The van der Waals surface area contributed by atoms with Crippen LogP contribution in [0.2, 0.25) is 0 Å². The number of rotatable bonds is 5. The first-order chi connectivity index (χ1) is 8.38. The van der Waals surface area contributed by atoms with Crippen molar-refractivity contribution < 1.29 is 14.3 Å². The highest BCUT2D eigenvalue weighted by molar-refractivity contribution is 5.85. The maximum atomic E-state index is 11.9. The molecule has 0 aromatic carbocycles. The largest absolute Gasteiger partial charge is 0.467 e. The fourth-order valence-electron chi connectivity index (χ4n) is 2.42. The van der Waals surface area contributed by atoms with E-state index in [9.17, 15) is 9.59 Å². The van der Waals surface area contributed by atoms with Gasteiger partial charge in [0.05, 0.1) is 7.11 Å². The molecule has 0 radical (unpaired) electrons. The van der Waals surface area contributed by atoms with Crippen LogP contribution in [0.4, 0.5) is 0 Å². The van der Waals surface area contributed by atoms with Gasteiger partial charge in [0.2, 0.25) is 5.91 Å². The van der Waals surface area contributed by atoms with Crippen LogP contribution in [0.25, 0.3) is 0 Å². The van der Waals surface area contributed by atoms with Gasteiger partial charge in [0.15, 0.2) is 0 Å². The third kappa shape index (κ3) is 3.98. The molecule has 1 aliphatic carbocycles. The predicted molar refractivity (Wildman–Crippen MR) is 68.8 cm³/mol. The zero-order valence-corrected chi connectivity index (χ0v) is 11.5. The average Bonchev–Trinajstić information content (AvgIpc) is 2.71. The second-order valence-electron chi connectivity index (χ2n) is 5.56. The van der Waals surface area contributed by atoms with E-state index in [1.807, 2.05) is 13.8 Å². The molecule has 0 aliphatic heterocycles. The summed E-state index contributed by atoms with van der Waals surface area (Å²) < 4.78 is 4.68. The molecule has 0 saturated heterocycles. The molecule has 18 heavy (non-hydrogen) atoms. The number of nitrogens with one attached hydrogen (secondary N) is 1. The molecule has 5 nitrogen and oxygen atoms in total. The molecular formula is C13H24N2O3. The third-order valence-electron chi connectivity index (χ3n) is 3.55. The first-order valence-electron chi connectivity index (χ1n) is 6.54. The van der Waals surface area contributed by atoms with Gasteiger partial charge in [-0.2, -0.15) is 0 Å². The number of esters is 1. The van der Waals surface area contributed by atoms with Gasteiger partial charge in [-0.25, -0.2) is 4.79 Å². The van der Waals surface area contributed by atoms with Gasteiger partial charge in [-0.1, -0.05) is 26.7 Å². The molecule has 5 heteroatoms. The summed E-state index contributed by atoms with van der Waals surface area (Å²) in [6.45, 7) is 3.74. The molecule has 0 aromatic rings. The second-order valence-corrected chi connectivity index (χ2v) is 5.56. The van der Waals surface area contributed by atoms with Gasteiger partial charge in [-0.05, 0) is 18.8 Å². The number of hydrogen-bond donors (Lipinski definition) is 2. The summed E-state index contributed by atoms with van der Waals surface area (Å²) in [6.07, 6.45) is 4.20. The Hall–Kier alpha value is -1.10. The van der Waals surface area contributed by atoms with Gasteiger partial charge in [0.25, 0.3) is 0 Å². The van der Waals surface area contributed by atoms with Gasteiger partial charge < -0.3 is 15.8 Å². The van der Waals surface area contributed by atoms with E-state index >= 15 is 0 Å². The fourth-order valence-corrected chi connectivity index (χ4v) is 2.42. The summed E-state index contributed by atoms with van der Waals surface area (Å²) in [5.41, 5.74) is 5.76. The van der Waals surface area contributed by atoms with Crippen LogP contribution in [-0.2, 0) is 14.3 Å². The number of nitrogens with two attached hydrogens (primary N) is 1. The van der Waals surface area contributed by atoms with Crippen molar-refractivity contribution in [3.05, 3.63) is 0 Å². The Kier molecular flexibility index (Phi) is 5.14. The molecule has 1 saturated carbocycles. The number of ether oxygens (including phenoxy) is 1. The standard InChI is InChI=1S/C13H24N2O3/c1-9(2)11(12(17)18-3)15-10(16)8-13(14)6-4-5-7-13/h9,11H,4-8,14H2,1-3H3,(H,15,16). The van der Waals surface area contributed by atoms with Crippen LogP contribution in [-0.4, -0.2) is 30.6 Å². The topological polar surface area (TPSA) is 81.4 Å². The molecule has 0 heterocycles. The van der Waals surface area contributed by atoms with Crippen molar-refractivity contribution in [2.45, 2.75) is 57.5 Å². The van der Waals surface area contributed by atoms with E-state index in [4.69, 9.17) is 5.73 Å². The zero-order chi connectivity index (χ0) is 13.8. The molecule has 0 spiro atoms. The minimum Gasteiger partial charge on any atom is -0.467 e. The molecule has 1 amide bonds. The van der Waals surface area contributed by atoms with E-state index < -0.39 is 12.0 Å². The van der Waals surface area contributed by atoms with Gasteiger partial charge in [-0.3, -0.25) is 4.79 Å². The Morgan fingerprint density at radius 3 is 2.33 bits per heavy atom. The van der Waals surface area contributed by atoms with Crippen molar-refractivity contribution in [3.63, 3.8) is 0 Å². The van der Waals surface area contributed by atoms with Gasteiger partial charge in [0.1, 0.15) is 6.04 Å². The van der Waals surface area contributed by atoms with Crippen LogP contribution in [0.1, 0.15) is 46.0 Å². The summed E-state index contributed by atoms with van der Waals surface area (Å²) in [5.74, 6) is -0.571. The van der Waals surface area contributed by atoms with Crippen molar-refractivity contribution in [1.82, 2.24) is 5.32 Å². The number of amides is 1. The van der Waals surface area contributed by atoms with E-state index in [1.54, 1.807) is 0 Å². The highest BCUT2D eigenvalue weighted by atomic mass is 16.5. The Morgan fingerprint density at radius 2 is 1.89 bits per heavy atom. The first kappa shape index (κ1) is 15.0. The van der Waals surface area contributed by atoms with Crippen molar-refractivity contribution in [2.24, 2.45) is 11.7 Å². The summed E-state index contributed by atoms with van der Waals surface area (Å²) in [6, 6.07) is -0.590. The summed E-state index contributed by atoms with van der Waals surface area (Å²) in [5, 5.41) is 2.73. The molecule has 3 N–H and O–H groups in total. The van der Waals surface area contributed by atoms with Crippen LogP contribution in [0.15, 0.2) is 0 Å². The quantitative estimate of drug-likeness (QED) is 0.718. The highest BCUT2D eigenvalue weighted by Gasteiger charge is 2.33. The Morgan fingerprint density at radius 1 is 1.33 bits per heavy atom. The van der Waals surface area contributed by atoms with Crippen LogP contribution in [0, 0.1) is 5.92 Å². The van der Waals surface area contributed by atoms with Crippen molar-refractivity contribution in [1.29, 1.82) is 0 Å². The maximum absolute atomic E-state index is 11.9. The van der Waals surface area contributed by atoms with Gasteiger partial charge in [-0.15, -0.1) is 0 Å². The van der Waals surface area contributed by atoms with Gasteiger partial charge in [0, 0.05) is 12.0 Å². The molecule has 1 fully saturated rings. The Balaban J connectivity index is 2.53. The molecule has 1 unspecified atom stereocenters. The summed E-state index contributed by atoms with van der Waals surface area (Å²) in [7, 11) is 1.32. The van der Waals surface area contributed by atoms with E-state index in [0.717, 1.165) is 25.7 Å². The molecule has 0 bridgehead atoms. The molecule has 1 rings (SSSR count). The lowest BCUT2D eigenvalue weighted by Gasteiger charge is -2.25. The summed E-state index contributed by atoms with van der Waals surface area (Å²) >= 11 is 0. The molecule has 104 valence electrons. The smallest absolute Gasteiger partial charge is 0.328 e. The monoisotopic (exact) mass is 256 g/mol. The van der Waals surface area contributed by atoms with Crippen LogP contribution in [0.3, 0.4) is 0 Å². The van der Waals surface area contributed by atoms with Crippen LogP contribution >= 0.6 is 0 Å². The highest BCUT2D eigenvalue weighted by Crippen LogP contribution is 2.29. The number of methoxy groups -OCH3 is 1. The molecule has 1 atom stereocenters. The average molecular weight is 256 g/mol. The van der Waals surface area contributed by atoms with Crippen LogP contribution < -0.4 is 11.1 Å². The number of carbonyl (C=O) groups is 2. The zero-order valence-electron chi connectivity index (χ0n) is 11.5. The SMILES string of the molecule is COC(=O)C(NC(=O)CC1(N)CCCC1)C(C)C. The lowest BCUT2D eigenvalue weighted by molar-refractivity contribution is -0.146. The van der Waals surface area contributed by atoms with Crippen molar-refractivity contribution >= 4 is 11.9 Å². The number of hydrogen-bond acceptors (Lipinski definition) is 4. The van der Waals surface area contributed by atoms with E-state index in [0.29, 0.717) is 0 Å². The van der Waals surface area contributed by atoms with Crippen molar-refractivity contribution in [3.8, 4) is 0 Å². The third-order valence-corrected chi connectivity index (χ3v) is 3.55.